The smallest absolute Gasteiger partial charge is 0.150 e. The lowest BCUT2D eigenvalue weighted by Gasteiger charge is -2.08. The zero-order chi connectivity index (χ0) is 12.4. The molecule has 17 heavy (non-hydrogen) atoms. The van der Waals surface area contributed by atoms with Crippen molar-refractivity contribution in [1.82, 2.24) is 0 Å². The van der Waals surface area contributed by atoms with Crippen LogP contribution in [0, 0.1) is 18.6 Å². The van der Waals surface area contributed by atoms with Crippen molar-refractivity contribution in [2.45, 2.75) is 13.5 Å². The van der Waals surface area contributed by atoms with E-state index in [9.17, 15) is 8.78 Å². The Morgan fingerprint density at radius 2 is 1.94 bits per heavy atom. The molecule has 1 aromatic carbocycles. The molecule has 0 aliphatic carbocycles. The number of nitrogens with one attached hydrogen (secondary N) is 1. The topological polar surface area (TPSA) is 25.2 Å². The van der Waals surface area contributed by atoms with Crippen LogP contribution < -0.4 is 5.32 Å². The van der Waals surface area contributed by atoms with Crippen molar-refractivity contribution in [3.63, 3.8) is 0 Å². The molecule has 2 aromatic rings. The van der Waals surface area contributed by atoms with Gasteiger partial charge in [-0.3, -0.25) is 0 Å². The number of rotatable bonds is 3. The molecule has 2 rings (SSSR count). The molecule has 0 radical (unpaired) electrons. The first-order valence-corrected chi connectivity index (χ1v) is 5.78. The Morgan fingerprint density at radius 1 is 1.29 bits per heavy atom. The number of aryl methyl sites for hydroxylation is 1. The second-order valence-corrected chi connectivity index (χ2v) is 4.54. The van der Waals surface area contributed by atoms with Crippen molar-refractivity contribution in [3.8, 4) is 0 Å². The number of hydrogen-bond acceptors (Lipinski definition) is 2. The third-order valence-electron chi connectivity index (χ3n) is 2.40. The maximum Gasteiger partial charge on any atom is 0.150 e. The maximum atomic E-state index is 13.5. The van der Waals surface area contributed by atoms with E-state index >= 15 is 0 Å². The number of halogens is 3. The van der Waals surface area contributed by atoms with Crippen molar-refractivity contribution in [2.24, 2.45) is 0 Å². The van der Waals surface area contributed by atoms with E-state index in [1.807, 2.05) is 6.92 Å². The predicted octanol–water partition coefficient (Wildman–Crippen LogP) is 4.24. The lowest BCUT2D eigenvalue weighted by molar-refractivity contribution is 0.513. The maximum absolute atomic E-state index is 13.5. The molecular weight excluding hydrogens is 292 g/mol. The summed E-state index contributed by atoms with van der Waals surface area (Å²) in [5.74, 6) is -0.617. The minimum absolute atomic E-state index is 0.149. The summed E-state index contributed by atoms with van der Waals surface area (Å²) in [7, 11) is 0. The van der Waals surface area contributed by atoms with E-state index in [2.05, 4.69) is 21.2 Å². The first kappa shape index (κ1) is 12.1. The molecule has 0 aliphatic rings. The Balaban J connectivity index is 2.17. The van der Waals surface area contributed by atoms with Gasteiger partial charge in [0.2, 0.25) is 0 Å². The molecule has 0 bridgehead atoms. The van der Waals surface area contributed by atoms with Gasteiger partial charge in [-0.1, -0.05) is 15.9 Å². The standard InChI is InChI=1S/C12H10BrF2NO/c1-7-2-3-17-11(7)6-16-12-9(14)4-8(13)5-10(12)15/h2-5,16H,6H2,1H3. The summed E-state index contributed by atoms with van der Waals surface area (Å²) in [5, 5.41) is 2.69. The predicted molar refractivity (Wildman–Crippen MR) is 64.8 cm³/mol. The minimum Gasteiger partial charge on any atom is -0.467 e. The van der Waals surface area contributed by atoms with E-state index in [0.29, 0.717) is 10.2 Å². The molecule has 0 saturated heterocycles. The Morgan fingerprint density at radius 3 is 2.47 bits per heavy atom. The van der Waals surface area contributed by atoms with Crippen LogP contribution in [0.15, 0.2) is 33.4 Å². The zero-order valence-electron chi connectivity index (χ0n) is 9.06. The van der Waals surface area contributed by atoms with Crippen LogP contribution in [0.3, 0.4) is 0 Å². The van der Waals surface area contributed by atoms with Gasteiger partial charge in [0.1, 0.15) is 23.1 Å². The van der Waals surface area contributed by atoms with Crippen LogP contribution in [0.1, 0.15) is 11.3 Å². The van der Waals surface area contributed by atoms with Gasteiger partial charge in [-0.2, -0.15) is 0 Å². The van der Waals surface area contributed by atoms with Crippen molar-refractivity contribution in [2.75, 3.05) is 5.32 Å². The lowest BCUT2D eigenvalue weighted by Crippen LogP contribution is -2.04. The second kappa shape index (κ2) is 4.87. The van der Waals surface area contributed by atoms with Crippen LogP contribution in [-0.4, -0.2) is 0 Å². The fourth-order valence-electron chi connectivity index (χ4n) is 1.46. The summed E-state index contributed by atoms with van der Waals surface area (Å²) in [4.78, 5) is 0. The van der Waals surface area contributed by atoms with E-state index in [1.165, 1.54) is 12.1 Å². The van der Waals surface area contributed by atoms with Crippen molar-refractivity contribution < 1.29 is 13.2 Å². The Kier molecular flexibility index (Phi) is 3.47. The number of hydrogen-bond donors (Lipinski definition) is 1. The van der Waals surface area contributed by atoms with E-state index < -0.39 is 11.6 Å². The van der Waals surface area contributed by atoms with Crippen molar-refractivity contribution in [3.05, 3.63) is 51.9 Å². The Bertz CT molecular complexity index is 516. The van der Waals surface area contributed by atoms with E-state index in [-0.39, 0.29) is 12.2 Å². The monoisotopic (exact) mass is 301 g/mol. The lowest BCUT2D eigenvalue weighted by atomic mass is 10.2. The molecular formula is C12H10BrF2NO. The van der Waals surface area contributed by atoms with Gasteiger partial charge in [-0.05, 0) is 30.7 Å². The molecule has 2 nitrogen and oxygen atoms in total. The molecule has 0 atom stereocenters. The van der Waals surface area contributed by atoms with E-state index in [4.69, 9.17) is 4.42 Å². The molecule has 0 amide bonds. The molecule has 90 valence electrons. The van der Waals surface area contributed by atoms with Gasteiger partial charge in [-0.25, -0.2) is 8.78 Å². The van der Waals surface area contributed by atoms with Crippen molar-refractivity contribution in [1.29, 1.82) is 0 Å². The van der Waals surface area contributed by atoms with Gasteiger partial charge in [0.25, 0.3) is 0 Å². The van der Waals surface area contributed by atoms with E-state index in [1.54, 1.807) is 12.3 Å². The summed E-state index contributed by atoms with van der Waals surface area (Å²) in [5.41, 5.74) is 0.791. The molecule has 0 unspecified atom stereocenters. The largest absolute Gasteiger partial charge is 0.467 e. The van der Waals surface area contributed by atoms with Gasteiger partial charge >= 0.3 is 0 Å². The molecule has 0 saturated carbocycles. The zero-order valence-corrected chi connectivity index (χ0v) is 10.6. The molecule has 0 spiro atoms. The van der Waals surface area contributed by atoms with Crippen LogP contribution >= 0.6 is 15.9 Å². The van der Waals surface area contributed by atoms with Gasteiger partial charge < -0.3 is 9.73 Å². The molecule has 5 heteroatoms. The van der Waals surface area contributed by atoms with Crippen LogP contribution in [-0.2, 0) is 6.54 Å². The van der Waals surface area contributed by atoms with Gasteiger partial charge in [0.15, 0.2) is 0 Å². The highest BCUT2D eigenvalue weighted by Gasteiger charge is 2.11. The summed E-state index contributed by atoms with van der Waals surface area (Å²) < 4.78 is 32.5. The van der Waals surface area contributed by atoms with Crippen LogP contribution in [0.4, 0.5) is 14.5 Å². The highest BCUT2D eigenvalue weighted by atomic mass is 79.9. The minimum atomic E-state index is -0.638. The Labute approximate surface area is 106 Å². The fraction of sp³-hybridized carbons (Fsp3) is 0.167. The fourth-order valence-corrected chi connectivity index (χ4v) is 1.87. The molecule has 0 fully saturated rings. The molecule has 1 heterocycles. The molecule has 1 N–H and O–H groups in total. The van der Waals surface area contributed by atoms with E-state index in [0.717, 1.165) is 5.56 Å². The Hall–Kier alpha value is -1.36. The average molecular weight is 302 g/mol. The summed E-state index contributed by atoms with van der Waals surface area (Å²) in [6.45, 7) is 2.11. The van der Waals surface area contributed by atoms with Crippen LogP contribution in [0.2, 0.25) is 0 Å². The SMILES string of the molecule is Cc1ccoc1CNc1c(F)cc(Br)cc1F. The first-order chi connectivity index (χ1) is 8.08. The molecule has 1 aromatic heterocycles. The third kappa shape index (κ3) is 2.66. The van der Waals surface area contributed by atoms with Crippen LogP contribution in [0.5, 0.6) is 0 Å². The van der Waals surface area contributed by atoms with Crippen LogP contribution in [0.25, 0.3) is 0 Å². The van der Waals surface area contributed by atoms with Gasteiger partial charge in [0, 0.05) is 4.47 Å². The van der Waals surface area contributed by atoms with Gasteiger partial charge in [0.05, 0.1) is 12.8 Å². The van der Waals surface area contributed by atoms with Crippen molar-refractivity contribution >= 4 is 21.6 Å². The number of anilines is 1. The first-order valence-electron chi connectivity index (χ1n) is 4.99. The normalized spacial score (nSPS) is 10.6. The van der Waals surface area contributed by atoms with Gasteiger partial charge in [-0.15, -0.1) is 0 Å². The third-order valence-corrected chi connectivity index (χ3v) is 2.86. The highest BCUT2D eigenvalue weighted by molar-refractivity contribution is 9.10. The summed E-state index contributed by atoms with van der Waals surface area (Å²) >= 11 is 3.02. The number of furan rings is 1. The number of benzene rings is 1. The summed E-state index contributed by atoms with van der Waals surface area (Å²) in [6.07, 6.45) is 1.54. The quantitative estimate of drug-likeness (QED) is 0.917. The second-order valence-electron chi connectivity index (χ2n) is 3.62. The average Bonchev–Trinajstić information content (AvgIpc) is 2.62. The highest BCUT2D eigenvalue weighted by Crippen LogP contribution is 2.24. The molecule has 0 aliphatic heterocycles. The summed E-state index contributed by atoms with van der Waals surface area (Å²) in [6, 6.07) is 4.21.